The topological polar surface area (TPSA) is 84.3 Å². The molecule has 6 heteroatoms. The number of carbonyl (C=O) groups is 1. The van der Waals surface area contributed by atoms with Crippen molar-refractivity contribution in [3.05, 3.63) is 59.9 Å². The Balaban J connectivity index is 2.12. The quantitative estimate of drug-likeness (QED) is 0.908. The highest BCUT2D eigenvalue weighted by atomic mass is 32.2. The Labute approximate surface area is 116 Å². The lowest BCUT2D eigenvalue weighted by molar-refractivity contribution is 0.0697. The number of aromatic nitrogens is 1. The van der Waals surface area contributed by atoms with Crippen LogP contribution < -0.4 is 0 Å². The molecule has 2 rings (SSSR count). The van der Waals surface area contributed by atoms with E-state index in [4.69, 9.17) is 5.11 Å². The van der Waals surface area contributed by atoms with Crippen molar-refractivity contribution < 1.29 is 18.3 Å². The normalized spacial score (nSPS) is 11.2. The summed E-state index contributed by atoms with van der Waals surface area (Å²) in [7, 11) is -3.42. The molecule has 0 aliphatic heterocycles. The first kappa shape index (κ1) is 14.2. The first-order valence-electron chi connectivity index (χ1n) is 5.94. The van der Waals surface area contributed by atoms with Crippen LogP contribution in [0.2, 0.25) is 0 Å². The van der Waals surface area contributed by atoms with Crippen LogP contribution >= 0.6 is 0 Å². The van der Waals surface area contributed by atoms with Crippen LogP contribution in [0.25, 0.3) is 0 Å². The summed E-state index contributed by atoms with van der Waals surface area (Å²) >= 11 is 0. The van der Waals surface area contributed by atoms with Crippen molar-refractivity contribution in [3.8, 4) is 0 Å². The second-order valence-corrected chi connectivity index (χ2v) is 6.37. The zero-order valence-electron chi connectivity index (χ0n) is 10.6. The molecule has 0 fully saturated rings. The Kier molecular flexibility index (Phi) is 4.14. The van der Waals surface area contributed by atoms with E-state index >= 15 is 0 Å². The van der Waals surface area contributed by atoms with E-state index in [0.29, 0.717) is 6.42 Å². The highest BCUT2D eigenvalue weighted by Crippen LogP contribution is 2.14. The van der Waals surface area contributed by atoms with Gasteiger partial charge in [-0.2, -0.15) is 0 Å². The third-order valence-corrected chi connectivity index (χ3v) is 4.57. The van der Waals surface area contributed by atoms with Gasteiger partial charge in [0.25, 0.3) is 0 Å². The standard InChI is InChI=1S/C14H13NO4S/c16-14(17)12-3-5-13(6-4-12)20(18,19)9-7-11-2-1-8-15-10-11/h1-6,8,10H,7,9H2,(H,16,17). The van der Waals surface area contributed by atoms with Crippen molar-refractivity contribution in [1.29, 1.82) is 0 Å². The highest BCUT2D eigenvalue weighted by Gasteiger charge is 2.15. The molecule has 0 spiro atoms. The number of carboxylic acid groups (broad SMARTS) is 1. The smallest absolute Gasteiger partial charge is 0.335 e. The van der Waals surface area contributed by atoms with Gasteiger partial charge in [0.2, 0.25) is 0 Å². The van der Waals surface area contributed by atoms with E-state index in [1.807, 2.05) is 6.07 Å². The van der Waals surface area contributed by atoms with E-state index in [0.717, 1.165) is 5.56 Å². The van der Waals surface area contributed by atoms with Crippen molar-refractivity contribution >= 4 is 15.8 Å². The SMILES string of the molecule is O=C(O)c1ccc(S(=O)(=O)CCc2cccnc2)cc1. The van der Waals surface area contributed by atoms with Gasteiger partial charge in [-0.05, 0) is 42.3 Å². The number of carboxylic acids is 1. The molecule has 0 amide bonds. The zero-order valence-corrected chi connectivity index (χ0v) is 11.4. The van der Waals surface area contributed by atoms with Gasteiger partial charge in [0, 0.05) is 12.4 Å². The molecule has 1 aromatic heterocycles. The van der Waals surface area contributed by atoms with E-state index < -0.39 is 15.8 Å². The van der Waals surface area contributed by atoms with E-state index in [-0.39, 0.29) is 16.2 Å². The van der Waals surface area contributed by atoms with E-state index in [2.05, 4.69) is 4.98 Å². The van der Waals surface area contributed by atoms with Crippen LogP contribution in [-0.2, 0) is 16.3 Å². The molecule has 1 heterocycles. The summed E-state index contributed by atoms with van der Waals surface area (Å²) in [4.78, 5) is 14.8. The highest BCUT2D eigenvalue weighted by molar-refractivity contribution is 7.91. The average molecular weight is 291 g/mol. The molecule has 0 bridgehead atoms. The predicted octanol–water partition coefficient (Wildman–Crippen LogP) is 1.80. The maximum atomic E-state index is 12.1. The van der Waals surface area contributed by atoms with Crippen LogP contribution in [0, 0.1) is 0 Å². The molecular weight excluding hydrogens is 278 g/mol. The van der Waals surface area contributed by atoms with Crippen molar-refractivity contribution in [3.63, 3.8) is 0 Å². The van der Waals surface area contributed by atoms with Crippen LogP contribution in [0.1, 0.15) is 15.9 Å². The van der Waals surface area contributed by atoms with Gasteiger partial charge >= 0.3 is 5.97 Å². The summed E-state index contributed by atoms with van der Waals surface area (Å²) in [5.41, 5.74) is 0.912. The third kappa shape index (κ3) is 3.42. The maximum Gasteiger partial charge on any atom is 0.335 e. The van der Waals surface area contributed by atoms with Crippen molar-refractivity contribution in [2.75, 3.05) is 5.75 Å². The summed E-state index contributed by atoms with van der Waals surface area (Å²) in [5.74, 6) is -1.12. The number of sulfone groups is 1. The Hall–Kier alpha value is -2.21. The summed E-state index contributed by atoms with van der Waals surface area (Å²) in [6.07, 6.45) is 3.63. The molecule has 20 heavy (non-hydrogen) atoms. The van der Waals surface area contributed by atoms with Gasteiger partial charge in [-0.1, -0.05) is 6.07 Å². The van der Waals surface area contributed by atoms with Gasteiger partial charge < -0.3 is 5.11 Å². The molecule has 0 aliphatic carbocycles. The van der Waals surface area contributed by atoms with E-state index in [1.165, 1.54) is 24.3 Å². The lowest BCUT2D eigenvalue weighted by Gasteiger charge is -2.05. The lowest BCUT2D eigenvalue weighted by atomic mass is 10.2. The Bertz CT molecular complexity index is 694. The van der Waals surface area contributed by atoms with Crippen molar-refractivity contribution in [2.24, 2.45) is 0 Å². The molecule has 0 aliphatic rings. The van der Waals surface area contributed by atoms with Crippen LogP contribution in [0.15, 0.2) is 53.7 Å². The minimum atomic E-state index is -3.42. The number of rotatable bonds is 5. The third-order valence-electron chi connectivity index (χ3n) is 2.84. The van der Waals surface area contributed by atoms with Gasteiger partial charge in [0.1, 0.15) is 0 Å². The van der Waals surface area contributed by atoms with Crippen LogP contribution in [0.4, 0.5) is 0 Å². The largest absolute Gasteiger partial charge is 0.478 e. The number of aryl methyl sites for hydroxylation is 1. The zero-order chi connectivity index (χ0) is 14.6. The fourth-order valence-electron chi connectivity index (χ4n) is 1.72. The number of pyridine rings is 1. The summed E-state index contributed by atoms with van der Waals surface area (Å²) in [5, 5.41) is 8.77. The summed E-state index contributed by atoms with van der Waals surface area (Å²) in [6.45, 7) is 0. The number of hydrogen-bond donors (Lipinski definition) is 1. The van der Waals surface area contributed by atoms with E-state index in [9.17, 15) is 13.2 Å². The number of nitrogens with zero attached hydrogens (tertiary/aromatic N) is 1. The van der Waals surface area contributed by atoms with Gasteiger partial charge in [-0.15, -0.1) is 0 Å². The Morgan fingerprint density at radius 2 is 1.85 bits per heavy atom. The minimum absolute atomic E-state index is 0.0366. The fourth-order valence-corrected chi connectivity index (χ4v) is 3.01. The molecule has 5 nitrogen and oxygen atoms in total. The first-order valence-corrected chi connectivity index (χ1v) is 7.59. The average Bonchev–Trinajstić information content (AvgIpc) is 2.46. The number of aromatic carboxylic acids is 1. The minimum Gasteiger partial charge on any atom is -0.478 e. The molecule has 0 saturated heterocycles. The van der Waals surface area contributed by atoms with E-state index in [1.54, 1.807) is 18.5 Å². The molecule has 0 radical (unpaired) electrons. The van der Waals surface area contributed by atoms with Crippen LogP contribution in [-0.4, -0.2) is 30.2 Å². The molecule has 0 saturated carbocycles. The van der Waals surface area contributed by atoms with Gasteiger partial charge in [-0.3, -0.25) is 4.98 Å². The van der Waals surface area contributed by atoms with Gasteiger partial charge in [-0.25, -0.2) is 13.2 Å². The van der Waals surface area contributed by atoms with Crippen molar-refractivity contribution in [2.45, 2.75) is 11.3 Å². The number of benzene rings is 1. The van der Waals surface area contributed by atoms with Gasteiger partial charge in [0.05, 0.1) is 16.2 Å². The van der Waals surface area contributed by atoms with Crippen molar-refractivity contribution in [1.82, 2.24) is 4.98 Å². The van der Waals surface area contributed by atoms with Gasteiger partial charge in [0.15, 0.2) is 9.84 Å². The number of hydrogen-bond acceptors (Lipinski definition) is 4. The second kappa shape index (κ2) is 5.83. The van der Waals surface area contributed by atoms with Crippen LogP contribution in [0.5, 0.6) is 0 Å². The predicted molar refractivity (Wildman–Crippen MR) is 73.4 cm³/mol. The fraction of sp³-hybridized carbons (Fsp3) is 0.143. The monoisotopic (exact) mass is 291 g/mol. The Morgan fingerprint density at radius 3 is 2.40 bits per heavy atom. The molecule has 0 unspecified atom stereocenters. The van der Waals surface area contributed by atoms with Crippen LogP contribution in [0.3, 0.4) is 0 Å². The lowest BCUT2D eigenvalue weighted by Crippen LogP contribution is -2.09. The Morgan fingerprint density at radius 1 is 1.15 bits per heavy atom. The second-order valence-electron chi connectivity index (χ2n) is 4.26. The first-order chi connectivity index (χ1) is 9.49. The summed E-state index contributed by atoms with van der Waals surface area (Å²) < 4.78 is 24.2. The molecule has 104 valence electrons. The molecule has 1 aromatic carbocycles. The summed E-state index contributed by atoms with van der Waals surface area (Å²) in [6, 6.07) is 8.79. The molecule has 2 aromatic rings. The molecule has 0 atom stereocenters. The maximum absolute atomic E-state index is 12.1. The molecule has 1 N–H and O–H groups in total. The molecular formula is C14H13NO4S.